The number of hydrogen-bond donors (Lipinski definition) is 0. The summed E-state index contributed by atoms with van der Waals surface area (Å²) < 4.78 is 1.02. The Hall–Kier alpha value is -0.930. The van der Waals surface area contributed by atoms with E-state index >= 15 is 0 Å². The number of benzene rings is 1. The van der Waals surface area contributed by atoms with E-state index < -0.39 is 0 Å². The molecule has 0 radical (unpaired) electrons. The second kappa shape index (κ2) is 4.93. The van der Waals surface area contributed by atoms with Crippen LogP contribution in [-0.4, -0.2) is 5.78 Å². The Labute approximate surface area is 107 Å². The third kappa shape index (κ3) is 2.60. The first kappa shape index (κ1) is 11.6. The van der Waals surface area contributed by atoms with E-state index in [1.807, 2.05) is 43.3 Å². The van der Waals surface area contributed by atoms with E-state index in [1.165, 1.54) is 0 Å². The number of Topliss-reactive ketones (excluding diaryl/α,β-unsaturated/α-hetero) is 1. The van der Waals surface area contributed by atoms with Crippen LogP contribution in [-0.2, 0) is 6.42 Å². The number of thiophene rings is 1. The molecule has 3 heteroatoms. The molecule has 1 nitrogen and oxygen atoms in total. The van der Waals surface area contributed by atoms with Crippen LogP contribution in [0.15, 0.2) is 40.9 Å². The van der Waals surface area contributed by atoms with Gasteiger partial charge in [0.2, 0.25) is 0 Å². The SMILES string of the molecule is Cc1sc(C(=O)Cc2ccccc2)cc1Br. The van der Waals surface area contributed by atoms with Gasteiger partial charge in [-0.2, -0.15) is 0 Å². The maximum absolute atomic E-state index is 12.0. The molecule has 0 aliphatic heterocycles. The summed E-state index contributed by atoms with van der Waals surface area (Å²) in [6, 6.07) is 11.7. The fourth-order valence-corrected chi connectivity index (χ4v) is 2.94. The summed E-state index contributed by atoms with van der Waals surface area (Å²) in [4.78, 5) is 13.9. The van der Waals surface area contributed by atoms with Gasteiger partial charge in [-0.1, -0.05) is 30.3 Å². The number of rotatable bonds is 3. The Balaban J connectivity index is 2.15. The van der Waals surface area contributed by atoms with Gasteiger partial charge in [0.15, 0.2) is 5.78 Å². The minimum Gasteiger partial charge on any atom is -0.293 e. The average molecular weight is 295 g/mol. The van der Waals surface area contributed by atoms with E-state index in [0.717, 1.165) is 19.8 Å². The predicted molar refractivity (Wildman–Crippen MR) is 71.2 cm³/mol. The maximum Gasteiger partial charge on any atom is 0.177 e. The molecule has 0 saturated carbocycles. The lowest BCUT2D eigenvalue weighted by molar-refractivity contribution is 0.0997. The molecule has 0 atom stereocenters. The summed E-state index contributed by atoms with van der Waals surface area (Å²) in [7, 11) is 0. The van der Waals surface area contributed by atoms with Gasteiger partial charge in [0.1, 0.15) is 0 Å². The van der Waals surface area contributed by atoms with Crippen LogP contribution < -0.4 is 0 Å². The standard InChI is InChI=1S/C13H11BrOS/c1-9-11(14)8-13(16-9)12(15)7-10-5-3-2-4-6-10/h2-6,8H,7H2,1H3. The molecule has 0 unspecified atom stereocenters. The first-order valence-corrected chi connectivity index (χ1v) is 6.61. The number of carbonyl (C=O) groups is 1. The van der Waals surface area contributed by atoms with Crippen LogP contribution in [0.25, 0.3) is 0 Å². The molecule has 0 amide bonds. The quantitative estimate of drug-likeness (QED) is 0.774. The topological polar surface area (TPSA) is 17.1 Å². The number of ketones is 1. The zero-order valence-corrected chi connectivity index (χ0v) is 11.3. The Morgan fingerprint density at radius 2 is 2.00 bits per heavy atom. The largest absolute Gasteiger partial charge is 0.293 e. The molecule has 0 saturated heterocycles. The minimum atomic E-state index is 0.185. The predicted octanol–water partition coefficient (Wildman–Crippen LogP) is 4.24. The molecule has 2 aromatic rings. The van der Waals surface area contributed by atoms with E-state index in [9.17, 15) is 4.79 Å². The molecule has 1 aromatic heterocycles. The highest BCUT2D eigenvalue weighted by molar-refractivity contribution is 9.10. The van der Waals surface area contributed by atoms with Gasteiger partial charge in [-0.05, 0) is 34.5 Å². The van der Waals surface area contributed by atoms with E-state index in [4.69, 9.17) is 0 Å². The Kier molecular flexibility index (Phi) is 3.56. The normalized spacial score (nSPS) is 10.4. The fraction of sp³-hybridized carbons (Fsp3) is 0.154. The number of hydrogen-bond acceptors (Lipinski definition) is 2. The summed E-state index contributed by atoms with van der Waals surface area (Å²) in [6.07, 6.45) is 0.479. The van der Waals surface area contributed by atoms with Crippen LogP contribution >= 0.6 is 27.3 Å². The van der Waals surface area contributed by atoms with Crippen LogP contribution in [0, 0.1) is 6.92 Å². The Morgan fingerprint density at radius 1 is 1.31 bits per heavy atom. The molecule has 0 spiro atoms. The van der Waals surface area contributed by atoms with Crippen molar-refractivity contribution < 1.29 is 4.79 Å². The second-order valence-electron chi connectivity index (χ2n) is 3.60. The summed E-state index contributed by atoms with van der Waals surface area (Å²) in [5.74, 6) is 0.185. The lowest BCUT2D eigenvalue weighted by Gasteiger charge is -1.97. The number of carbonyl (C=O) groups excluding carboxylic acids is 1. The van der Waals surface area contributed by atoms with Crippen LogP contribution in [0.4, 0.5) is 0 Å². The summed E-state index contributed by atoms with van der Waals surface area (Å²) in [5, 5.41) is 0. The zero-order chi connectivity index (χ0) is 11.5. The van der Waals surface area contributed by atoms with Crippen LogP contribution in [0.1, 0.15) is 20.1 Å². The smallest absolute Gasteiger partial charge is 0.177 e. The lowest BCUT2D eigenvalue weighted by atomic mass is 10.1. The summed E-state index contributed by atoms with van der Waals surface area (Å²) in [6.45, 7) is 2.01. The third-order valence-electron chi connectivity index (χ3n) is 2.34. The molecular formula is C13H11BrOS. The van der Waals surface area contributed by atoms with Crippen LogP contribution in [0.5, 0.6) is 0 Å². The highest BCUT2D eigenvalue weighted by Crippen LogP contribution is 2.27. The van der Waals surface area contributed by atoms with Crippen molar-refractivity contribution in [3.8, 4) is 0 Å². The van der Waals surface area contributed by atoms with E-state index in [0.29, 0.717) is 6.42 Å². The molecule has 2 rings (SSSR count). The van der Waals surface area contributed by atoms with Crippen molar-refractivity contribution in [1.82, 2.24) is 0 Å². The van der Waals surface area contributed by atoms with Crippen molar-refractivity contribution >= 4 is 33.0 Å². The van der Waals surface area contributed by atoms with Gasteiger partial charge in [-0.3, -0.25) is 4.79 Å². The van der Waals surface area contributed by atoms with Crippen LogP contribution in [0.2, 0.25) is 0 Å². The second-order valence-corrected chi connectivity index (χ2v) is 5.71. The van der Waals surface area contributed by atoms with Crippen molar-refractivity contribution in [2.45, 2.75) is 13.3 Å². The van der Waals surface area contributed by atoms with Crippen molar-refractivity contribution in [2.75, 3.05) is 0 Å². The molecule has 0 fully saturated rings. The summed E-state index contributed by atoms with van der Waals surface area (Å²) >= 11 is 4.97. The maximum atomic E-state index is 12.0. The van der Waals surface area contributed by atoms with Crippen molar-refractivity contribution in [2.24, 2.45) is 0 Å². The van der Waals surface area contributed by atoms with E-state index in [-0.39, 0.29) is 5.78 Å². The van der Waals surface area contributed by atoms with Gasteiger partial charge in [0.05, 0.1) is 4.88 Å². The first-order valence-electron chi connectivity index (χ1n) is 5.00. The highest BCUT2D eigenvalue weighted by Gasteiger charge is 2.11. The number of aryl methyl sites for hydroxylation is 1. The fourth-order valence-electron chi connectivity index (χ4n) is 1.47. The molecule has 0 N–H and O–H groups in total. The minimum absolute atomic E-state index is 0.185. The van der Waals surface area contributed by atoms with Gasteiger partial charge in [0.25, 0.3) is 0 Å². The van der Waals surface area contributed by atoms with Gasteiger partial charge in [-0.15, -0.1) is 11.3 Å². The molecule has 1 heterocycles. The van der Waals surface area contributed by atoms with Crippen LogP contribution in [0.3, 0.4) is 0 Å². The first-order chi connectivity index (χ1) is 7.66. The van der Waals surface area contributed by atoms with Crippen molar-refractivity contribution in [3.63, 3.8) is 0 Å². The van der Waals surface area contributed by atoms with Gasteiger partial charge < -0.3 is 0 Å². The highest BCUT2D eigenvalue weighted by atomic mass is 79.9. The summed E-state index contributed by atoms with van der Waals surface area (Å²) in [5.41, 5.74) is 1.06. The lowest BCUT2D eigenvalue weighted by Crippen LogP contribution is -2.00. The molecular weight excluding hydrogens is 284 g/mol. The number of halogens is 1. The Morgan fingerprint density at radius 3 is 2.56 bits per heavy atom. The zero-order valence-electron chi connectivity index (χ0n) is 8.87. The van der Waals surface area contributed by atoms with Crippen molar-refractivity contribution in [3.05, 3.63) is 56.2 Å². The van der Waals surface area contributed by atoms with Gasteiger partial charge in [0, 0.05) is 15.8 Å². The monoisotopic (exact) mass is 294 g/mol. The molecule has 0 aliphatic rings. The van der Waals surface area contributed by atoms with Gasteiger partial charge in [-0.25, -0.2) is 0 Å². The third-order valence-corrected chi connectivity index (χ3v) is 4.52. The van der Waals surface area contributed by atoms with E-state index in [1.54, 1.807) is 11.3 Å². The molecule has 16 heavy (non-hydrogen) atoms. The average Bonchev–Trinajstić information content (AvgIpc) is 2.61. The molecule has 82 valence electrons. The van der Waals surface area contributed by atoms with E-state index in [2.05, 4.69) is 15.9 Å². The van der Waals surface area contributed by atoms with Crippen molar-refractivity contribution in [1.29, 1.82) is 0 Å². The molecule has 1 aromatic carbocycles. The van der Waals surface area contributed by atoms with Gasteiger partial charge >= 0.3 is 0 Å². The Bertz CT molecular complexity index is 482. The molecule has 0 bridgehead atoms. The molecule has 0 aliphatic carbocycles.